The van der Waals surface area contributed by atoms with Crippen LogP contribution in [-0.2, 0) is 7.05 Å². The van der Waals surface area contributed by atoms with E-state index in [9.17, 15) is 29.8 Å². The van der Waals surface area contributed by atoms with E-state index in [0.717, 1.165) is 18.2 Å². The van der Waals surface area contributed by atoms with Gasteiger partial charge < -0.3 is 10.6 Å². The highest BCUT2D eigenvalue weighted by molar-refractivity contribution is 6.08. The standard InChI is InChI=1S/C16H18N6O6/c1-9(2)7-17-16(24)14-13(8-18-20(14)3)19-15(23)10-4-11(21(25)26)6-12(5-10)22(27)28/h4-6,8-9H,7H2,1-3H3,(H,17,24)(H,19,23). The zero-order valence-electron chi connectivity index (χ0n) is 15.3. The Morgan fingerprint density at radius 2 is 1.68 bits per heavy atom. The molecule has 1 aromatic carbocycles. The average Bonchev–Trinajstić information content (AvgIpc) is 2.99. The first-order chi connectivity index (χ1) is 13.1. The van der Waals surface area contributed by atoms with E-state index in [1.165, 1.54) is 17.9 Å². The molecule has 0 aliphatic rings. The molecule has 2 N–H and O–H groups in total. The minimum atomic E-state index is -0.849. The maximum absolute atomic E-state index is 12.5. The van der Waals surface area contributed by atoms with Crippen molar-refractivity contribution in [2.24, 2.45) is 13.0 Å². The van der Waals surface area contributed by atoms with E-state index < -0.39 is 33.0 Å². The third kappa shape index (κ3) is 4.66. The van der Waals surface area contributed by atoms with Crippen molar-refractivity contribution < 1.29 is 19.4 Å². The molecule has 28 heavy (non-hydrogen) atoms. The highest BCUT2D eigenvalue weighted by Crippen LogP contribution is 2.24. The summed E-state index contributed by atoms with van der Waals surface area (Å²) in [5.41, 5.74) is -1.34. The smallest absolute Gasteiger partial charge is 0.277 e. The Balaban J connectivity index is 2.32. The maximum Gasteiger partial charge on any atom is 0.277 e. The number of carbonyl (C=O) groups excluding carboxylic acids is 2. The normalized spacial score (nSPS) is 10.6. The van der Waals surface area contributed by atoms with Crippen LogP contribution in [0.5, 0.6) is 0 Å². The van der Waals surface area contributed by atoms with Crippen LogP contribution >= 0.6 is 0 Å². The van der Waals surface area contributed by atoms with E-state index in [4.69, 9.17) is 0 Å². The largest absolute Gasteiger partial charge is 0.350 e. The Labute approximate surface area is 158 Å². The summed E-state index contributed by atoms with van der Waals surface area (Å²) in [7, 11) is 1.51. The van der Waals surface area contributed by atoms with Crippen LogP contribution in [0.3, 0.4) is 0 Å². The Morgan fingerprint density at radius 3 is 2.18 bits per heavy atom. The van der Waals surface area contributed by atoms with Gasteiger partial charge in [-0.1, -0.05) is 13.8 Å². The van der Waals surface area contributed by atoms with Gasteiger partial charge in [-0.15, -0.1) is 0 Å². The summed E-state index contributed by atoms with van der Waals surface area (Å²) >= 11 is 0. The molecule has 0 saturated carbocycles. The molecule has 0 bridgehead atoms. The average molecular weight is 390 g/mol. The predicted molar refractivity (Wildman–Crippen MR) is 98.1 cm³/mol. The Bertz CT molecular complexity index is 919. The van der Waals surface area contributed by atoms with Crippen LogP contribution in [0.1, 0.15) is 34.7 Å². The number of hydrogen-bond acceptors (Lipinski definition) is 7. The Kier molecular flexibility index (Phi) is 6.03. The van der Waals surface area contributed by atoms with Crippen molar-refractivity contribution in [1.29, 1.82) is 0 Å². The molecule has 2 aromatic rings. The minimum absolute atomic E-state index is 0.0721. The molecular weight excluding hydrogens is 372 g/mol. The molecule has 1 heterocycles. The van der Waals surface area contributed by atoms with E-state index >= 15 is 0 Å². The summed E-state index contributed by atoms with van der Waals surface area (Å²) in [6, 6.07) is 2.58. The van der Waals surface area contributed by atoms with Crippen molar-refractivity contribution in [3.8, 4) is 0 Å². The molecule has 0 saturated heterocycles. The van der Waals surface area contributed by atoms with Crippen LogP contribution < -0.4 is 10.6 Å². The third-order valence-corrected chi connectivity index (χ3v) is 3.66. The van der Waals surface area contributed by atoms with Gasteiger partial charge in [-0.3, -0.25) is 34.5 Å². The summed E-state index contributed by atoms with van der Waals surface area (Å²) in [6.45, 7) is 4.25. The number of non-ortho nitro benzene ring substituents is 2. The van der Waals surface area contributed by atoms with Gasteiger partial charge in [-0.05, 0) is 5.92 Å². The maximum atomic E-state index is 12.5. The van der Waals surface area contributed by atoms with Gasteiger partial charge in [0.1, 0.15) is 5.69 Å². The zero-order chi connectivity index (χ0) is 21.0. The van der Waals surface area contributed by atoms with Gasteiger partial charge in [-0.25, -0.2) is 0 Å². The van der Waals surface area contributed by atoms with Crippen molar-refractivity contribution in [3.05, 3.63) is 55.9 Å². The SMILES string of the molecule is CC(C)CNC(=O)c1c(NC(=O)c2cc([N+](=O)[O-])cc([N+](=O)[O-])c2)cnn1C. The van der Waals surface area contributed by atoms with Gasteiger partial charge in [0.05, 0.1) is 33.4 Å². The molecule has 0 fully saturated rings. The molecule has 1 aromatic heterocycles. The summed E-state index contributed by atoms with van der Waals surface area (Å²) in [5, 5.41) is 31.0. The second-order valence-electron chi connectivity index (χ2n) is 6.34. The van der Waals surface area contributed by atoms with Crippen molar-refractivity contribution in [1.82, 2.24) is 15.1 Å². The van der Waals surface area contributed by atoms with Crippen molar-refractivity contribution >= 4 is 28.9 Å². The number of benzene rings is 1. The van der Waals surface area contributed by atoms with Crippen LogP contribution in [0, 0.1) is 26.1 Å². The monoisotopic (exact) mass is 390 g/mol. The second kappa shape index (κ2) is 8.24. The molecule has 0 spiro atoms. The number of amides is 2. The number of nitrogens with zero attached hydrogens (tertiary/aromatic N) is 4. The van der Waals surface area contributed by atoms with Gasteiger partial charge >= 0.3 is 0 Å². The summed E-state index contributed by atoms with van der Waals surface area (Å²) in [5.74, 6) is -1.10. The van der Waals surface area contributed by atoms with Crippen LogP contribution in [0.15, 0.2) is 24.4 Å². The molecule has 0 aliphatic heterocycles. The van der Waals surface area contributed by atoms with E-state index in [2.05, 4.69) is 15.7 Å². The van der Waals surface area contributed by atoms with Gasteiger partial charge in [-0.2, -0.15) is 5.10 Å². The first kappa shape index (κ1) is 20.5. The van der Waals surface area contributed by atoms with Crippen molar-refractivity contribution in [2.45, 2.75) is 13.8 Å². The molecule has 0 radical (unpaired) electrons. The van der Waals surface area contributed by atoms with Crippen LogP contribution in [0.4, 0.5) is 17.1 Å². The van der Waals surface area contributed by atoms with E-state index in [0.29, 0.717) is 6.54 Å². The number of hydrogen-bond donors (Lipinski definition) is 2. The first-order valence-electron chi connectivity index (χ1n) is 8.15. The number of nitrogens with one attached hydrogen (secondary N) is 2. The van der Waals surface area contributed by atoms with Gasteiger partial charge in [0.15, 0.2) is 0 Å². The summed E-state index contributed by atoms with van der Waals surface area (Å²) < 4.78 is 1.27. The van der Waals surface area contributed by atoms with Gasteiger partial charge in [0, 0.05) is 25.7 Å². The molecule has 0 unspecified atom stereocenters. The van der Waals surface area contributed by atoms with Gasteiger partial charge in [0.25, 0.3) is 23.2 Å². The fourth-order valence-corrected chi connectivity index (χ4v) is 2.31. The molecule has 0 aliphatic carbocycles. The molecule has 12 nitrogen and oxygen atoms in total. The Morgan fingerprint density at radius 1 is 1.11 bits per heavy atom. The highest BCUT2D eigenvalue weighted by Gasteiger charge is 2.23. The molecule has 0 atom stereocenters. The van der Waals surface area contributed by atoms with Crippen LogP contribution in [0.2, 0.25) is 0 Å². The quantitative estimate of drug-likeness (QED) is 0.538. The number of nitro benzene ring substituents is 2. The number of carbonyl (C=O) groups is 2. The lowest BCUT2D eigenvalue weighted by molar-refractivity contribution is -0.394. The van der Waals surface area contributed by atoms with Crippen LogP contribution in [-0.4, -0.2) is 38.0 Å². The minimum Gasteiger partial charge on any atom is -0.350 e. The second-order valence-corrected chi connectivity index (χ2v) is 6.34. The highest BCUT2D eigenvalue weighted by atomic mass is 16.6. The van der Waals surface area contributed by atoms with Crippen molar-refractivity contribution in [2.75, 3.05) is 11.9 Å². The number of rotatable bonds is 7. The fourth-order valence-electron chi connectivity index (χ4n) is 2.31. The fraction of sp³-hybridized carbons (Fsp3) is 0.312. The molecule has 12 heteroatoms. The zero-order valence-corrected chi connectivity index (χ0v) is 15.3. The van der Waals surface area contributed by atoms with Crippen molar-refractivity contribution in [3.63, 3.8) is 0 Å². The molecule has 148 valence electrons. The molecule has 2 amide bonds. The lowest BCUT2D eigenvalue weighted by Gasteiger charge is -2.10. The summed E-state index contributed by atoms with van der Waals surface area (Å²) in [6.07, 6.45) is 1.24. The lowest BCUT2D eigenvalue weighted by atomic mass is 10.1. The van der Waals surface area contributed by atoms with Crippen LogP contribution in [0.25, 0.3) is 0 Å². The number of nitro groups is 2. The third-order valence-electron chi connectivity index (χ3n) is 3.66. The van der Waals surface area contributed by atoms with Gasteiger partial charge in [0.2, 0.25) is 0 Å². The summed E-state index contributed by atoms with van der Waals surface area (Å²) in [4.78, 5) is 45.1. The first-order valence-corrected chi connectivity index (χ1v) is 8.15. The number of aryl methyl sites for hydroxylation is 1. The van der Waals surface area contributed by atoms with E-state index in [1.807, 2.05) is 13.8 Å². The van der Waals surface area contributed by atoms with E-state index in [-0.39, 0.29) is 22.9 Å². The lowest BCUT2D eigenvalue weighted by Crippen LogP contribution is -2.30. The molecule has 2 rings (SSSR count). The van der Waals surface area contributed by atoms with E-state index in [1.54, 1.807) is 0 Å². The Hall–Kier alpha value is -3.83. The molecular formula is C16H18N6O6. The number of anilines is 1. The predicted octanol–water partition coefficient (Wildman–Crippen LogP) is 1.87. The number of aromatic nitrogens is 2. The topological polar surface area (TPSA) is 162 Å².